The molecule has 1 atom stereocenters. The Morgan fingerprint density at radius 3 is 2.74 bits per heavy atom. The summed E-state index contributed by atoms with van der Waals surface area (Å²) in [7, 11) is 0. The molecule has 1 unspecified atom stereocenters. The standard InChI is InChI=1S/C15H12O4/c1-9-3-2-4-10(7-9)18-11-5-6-12-13(8-11)15(17)19-14(12)16/h2-8,15,17H,1H3. The molecule has 0 radical (unpaired) electrons. The van der Waals surface area contributed by atoms with Gasteiger partial charge in [-0.2, -0.15) is 0 Å². The molecule has 0 saturated heterocycles. The van der Waals surface area contributed by atoms with E-state index < -0.39 is 12.3 Å². The van der Waals surface area contributed by atoms with Crippen molar-refractivity contribution in [2.75, 3.05) is 0 Å². The van der Waals surface area contributed by atoms with Crippen molar-refractivity contribution in [3.63, 3.8) is 0 Å². The van der Waals surface area contributed by atoms with Crippen LogP contribution in [0.3, 0.4) is 0 Å². The molecule has 0 amide bonds. The summed E-state index contributed by atoms with van der Waals surface area (Å²) in [4.78, 5) is 11.4. The van der Waals surface area contributed by atoms with Gasteiger partial charge in [0.2, 0.25) is 6.29 Å². The summed E-state index contributed by atoms with van der Waals surface area (Å²) in [6.07, 6.45) is -1.21. The Hall–Kier alpha value is -2.33. The molecule has 1 aliphatic rings. The number of esters is 1. The fourth-order valence-corrected chi connectivity index (χ4v) is 2.04. The number of aryl methyl sites for hydroxylation is 1. The lowest BCUT2D eigenvalue weighted by Gasteiger charge is -2.08. The average molecular weight is 256 g/mol. The monoisotopic (exact) mass is 256 g/mol. The number of cyclic esters (lactones) is 1. The maximum atomic E-state index is 11.4. The molecule has 0 saturated carbocycles. The van der Waals surface area contributed by atoms with Crippen LogP contribution in [0, 0.1) is 6.92 Å². The molecule has 2 aromatic carbocycles. The number of benzene rings is 2. The molecule has 4 heteroatoms. The van der Waals surface area contributed by atoms with E-state index in [1.165, 1.54) is 0 Å². The second-order valence-corrected chi connectivity index (χ2v) is 4.43. The molecule has 0 spiro atoms. The molecule has 3 rings (SSSR count). The second-order valence-electron chi connectivity index (χ2n) is 4.43. The third-order valence-electron chi connectivity index (χ3n) is 2.95. The van der Waals surface area contributed by atoms with E-state index in [1.807, 2.05) is 31.2 Å². The Morgan fingerprint density at radius 1 is 1.16 bits per heavy atom. The maximum Gasteiger partial charge on any atom is 0.341 e. The Kier molecular flexibility index (Phi) is 2.72. The second kappa shape index (κ2) is 4.40. The highest BCUT2D eigenvalue weighted by molar-refractivity contribution is 5.94. The molecule has 0 aliphatic carbocycles. The molecule has 0 aromatic heterocycles. The average Bonchev–Trinajstić information content (AvgIpc) is 2.65. The van der Waals surface area contributed by atoms with E-state index in [-0.39, 0.29) is 0 Å². The normalized spacial score (nSPS) is 16.9. The number of rotatable bonds is 2. The number of hydrogen-bond donors (Lipinski definition) is 1. The predicted octanol–water partition coefficient (Wildman–Crippen LogP) is 2.95. The zero-order chi connectivity index (χ0) is 13.4. The number of hydrogen-bond acceptors (Lipinski definition) is 4. The lowest BCUT2D eigenvalue weighted by atomic mass is 10.1. The Labute approximate surface area is 110 Å². The first-order valence-corrected chi connectivity index (χ1v) is 5.91. The van der Waals surface area contributed by atoms with Crippen LogP contribution >= 0.6 is 0 Å². The molecule has 4 nitrogen and oxygen atoms in total. The molecule has 96 valence electrons. The summed E-state index contributed by atoms with van der Waals surface area (Å²) < 4.78 is 10.4. The lowest BCUT2D eigenvalue weighted by molar-refractivity contribution is -0.0548. The van der Waals surface area contributed by atoms with Crippen molar-refractivity contribution in [2.24, 2.45) is 0 Å². The molecular weight excluding hydrogens is 244 g/mol. The van der Waals surface area contributed by atoms with Gasteiger partial charge in [0.1, 0.15) is 11.5 Å². The van der Waals surface area contributed by atoms with Gasteiger partial charge >= 0.3 is 5.97 Å². The van der Waals surface area contributed by atoms with Crippen LogP contribution in [-0.2, 0) is 4.74 Å². The Balaban J connectivity index is 1.91. The summed E-state index contributed by atoms with van der Waals surface area (Å²) in [6, 6.07) is 12.5. The van der Waals surface area contributed by atoms with Crippen molar-refractivity contribution in [3.8, 4) is 11.5 Å². The zero-order valence-corrected chi connectivity index (χ0v) is 10.3. The molecule has 1 aliphatic heterocycles. The first-order chi connectivity index (χ1) is 9.13. The van der Waals surface area contributed by atoms with Crippen LogP contribution in [0.25, 0.3) is 0 Å². The largest absolute Gasteiger partial charge is 0.457 e. The van der Waals surface area contributed by atoms with Gasteiger partial charge in [0.15, 0.2) is 0 Å². The van der Waals surface area contributed by atoms with Gasteiger partial charge in [0.25, 0.3) is 0 Å². The lowest BCUT2D eigenvalue weighted by Crippen LogP contribution is -1.95. The van der Waals surface area contributed by atoms with Crippen LogP contribution in [-0.4, -0.2) is 11.1 Å². The molecule has 1 heterocycles. The van der Waals surface area contributed by atoms with E-state index >= 15 is 0 Å². The van der Waals surface area contributed by atoms with Crippen molar-refractivity contribution in [1.29, 1.82) is 0 Å². The van der Waals surface area contributed by atoms with Crippen molar-refractivity contribution in [2.45, 2.75) is 13.2 Å². The maximum absolute atomic E-state index is 11.4. The fourth-order valence-electron chi connectivity index (χ4n) is 2.04. The van der Waals surface area contributed by atoms with E-state index in [0.717, 1.165) is 5.56 Å². The van der Waals surface area contributed by atoms with Gasteiger partial charge in [-0.25, -0.2) is 4.79 Å². The number of carbonyl (C=O) groups is 1. The Morgan fingerprint density at radius 2 is 1.95 bits per heavy atom. The highest BCUT2D eigenvalue weighted by Crippen LogP contribution is 2.33. The SMILES string of the molecule is Cc1cccc(Oc2ccc3c(c2)C(O)OC3=O)c1. The van der Waals surface area contributed by atoms with E-state index in [0.29, 0.717) is 22.6 Å². The first-order valence-electron chi connectivity index (χ1n) is 5.91. The van der Waals surface area contributed by atoms with Gasteiger partial charge in [0, 0.05) is 5.56 Å². The first kappa shape index (κ1) is 11.7. The third-order valence-corrected chi connectivity index (χ3v) is 2.95. The van der Waals surface area contributed by atoms with E-state index in [1.54, 1.807) is 18.2 Å². The summed E-state index contributed by atoms with van der Waals surface area (Å²) >= 11 is 0. The summed E-state index contributed by atoms with van der Waals surface area (Å²) in [5.41, 5.74) is 1.91. The third kappa shape index (κ3) is 2.18. The van der Waals surface area contributed by atoms with Crippen LogP contribution in [0.15, 0.2) is 42.5 Å². The molecule has 19 heavy (non-hydrogen) atoms. The van der Waals surface area contributed by atoms with Crippen molar-refractivity contribution in [1.82, 2.24) is 0 Å². The van der Waals surface area contributed by atoms with Crippen LogP contribution in [0.2, 0.25) is 0 Å². The van der Waals surface area contributed by atoms with Crippen LogP contribution in [0.1, 0.15) is 27.8 Å². The van der Waals surface area contributed by atoms with Crippen molar-refractivity contribution >= 4 is 5.97 Å². The highest BCUT2D eigenvalue weighted by Gasteiger charge is 2.29. The van der Waals surface area contributed by atoms with Crippen LogP contribution in [0.5, 0.6) is 11.5 Å². The molecule has 0 fully saturated rings. The topological polar surface area (TPSA) is 55.8 Å². The van der Waals surface area contributed by atoms with E-state index in [9.17, 15) is 9.90 Å². The van der Waals surface area contributed by atoms with Gasteiger partial charge in [-0.15, -0.1) is 0 Å². The number of aliphatic hydroxyl groups excluding tert-OH is 1. The summed E-state index contributed by atoms with van der Waals surface area (Å²) in [5.74, 6) is 0.756. The zero-order valence-electron chi connectivity index (χ0n) is 10.3. The molecular formula is C15H12O4. The van der Waals surface area contributed by atoms with Gasteiger partial charge < -0.3 is 14.6 Å². The smallest absolute Gasteiger partial charge is 0.341 e. The van der Waals surface area contributed by atoms with E-state index in [2.05, 4.69) is 0 Å². The van der Waals surface area contributed by atoms with E-state index in [4.69, 9.17) is 9.47 Å². The molecule has 2 aromatic rings. The minimum absolute atomic E-state index is 0.379. The van der Waals surface area contributed by atoms with Gasteiger partial charge in [-0.1, -0.05) is 12.1 Å². The molecule has 1 N–H and O–H groups in total. The van der Waals surface area contributed by atoms with Crippen molar-refractivity contribution in [3.05, 3.63) is 59.2 Å². The van der Waals surface area contributed by atoms with Gasteiger partial charge in [0.05, 0.1) is 5.56 Å². The number of ether oxygens (including phenoxy) is 2. The number of aliphatic hydroxyl groups is 1. The van der Waals surface area contributed by atoms with Crippen LogP contribution in [0.4, 0.5) is 0 Å². The predicted molar refractivity (Wildman–Crippen MR) is 68.1 cm³/mol. The van der Waals surface area contributed by atoms with Gasteiger partial charge in [-0.3, -0.25) is 0 Å². The quantitative estimate of drug-likeness (QED) is 0.839. The van der Waals surface area contributed by atoms with Crippen LogP contribution < -0.4 is 4.74 Å². The minimum atomic E-state index is -1.21. The minimum Gasteiger partial charge on any atom is -0.457 e. The number of carbonyl (C=O) groups excluding carboxylic acids is 1. The van der Waals surface area contributed by atoms with Crippen molar-refractivity contribution < 1.29 is 19.4 Å². The summed E-state index contributed by atoms with van der Waals surface area (Å²) in [6.45, 7) is 1.98. The number of fused-ring (bicyclic) bond motifs is 1. The summed E-state index contributed by atoms with van der Waals surface area (Å²) in [5, 5.41) is 9.59. The van der Waals surface area contributed by atoms with Gasteiger partial charge in [-0.05, 0) is 42.8 Å². The fraction of sp³-hybridized carbons (Fsp3) is 0.133. The molecule has 0 bridgehead atoms. The highest BCUT2D eigenvalue weighted by atomic mass is 16.6. The Bertz CT molecular complexity index is 648.